The minimum Gasteiger partial charge on any atom is -0.477 e. The van der Waals surface area contributed by atoms with E-state index in [1.807, 2.05) is 42.5 Å². The van der Waals surface area contributed by atoms with E-state index in [4.69, 9.17) is 43.6 Å². The number of aliphatic hydroxyl groups excluding tert-OH is 2. The van der Waals surface area contributed by atoms with E-state index in [2.05, 4.69) is 10.6 Å². The fourth-order valence-electron chi connectivity index (χ4n) is 11.7. The Kier molecular flexibility index (Phi) is 21.0. The second-order valence-electron chi connectivity index (χ2n) is 23.0. The zero-order valence-corrected chi connectivity index (χ0v) is 47.1. The number of carboxylic acids is 1. The number of methoxy groups -OCH3 is 1. The van der Waals surface area contributed by atoms with Gasteiger partial charge in [0, 0.05) is 81.1 Å². The Morgan fingerprint density at radius 3 is 2.30 bits per heavy atom. The lowest BCUT2D eigenvalue weighted by atomic mass is 9.77. The van der Waals surface area contributed by atoms with Crippen molar-refractivity contribution in [2.45, 2.75) is 211 Å². The van der Waals surface area contributed by atoms with Crippen LogP contribution in [0.15, 0.2) is 29.2 Å². The van der Waals surface area contributed by atoms with Crippen LogP contribution >= 0.6 is 0 Å². The minimum absolute atomic E-state index is 0.0121. The van der Waals surface area contributed by atoms with E-state index in [0.717, 1.165) is 12.8 Å². The van der Waals surface area contributed by atoms with Crippen LogP contribution in [0.3, 0.4) is 0 Å². The van der Waals surface area contributed by atoms with Gasteiger partial charge in [-0.05, 0) is 118 Å². The third-order valence-electron chi connectivity index (χ3n) is 16.3. The number of alkyl carbamates (subject to hydrolysis) is 1. The van der Waals surface area contributed by atoms with Gasteiger partial charge in [0.05, 0.1) is 48.1 Å². The van der Waals surface area contributed by atoms with Crippen LogP contribution in [0.25, 0.3) is 10.9 Å². The van der Waals surface area contributed by atoms with Crippen molar-refractivity contribution in [1.29, 1.82) is 0 Å². The number of aromatic nitrogens is 1. The number of pyridine rings is 1. The van der Waals surface area contributed by atoms with Crippen LogP contribution in [0.1, 0.15) is 131 Å². The number of nitrogens with zero attached hydrogens (tertiary/aromatic N) is 2. The first-order valence-electron chi connectivity index (χ1n) is 27.5. The highest BCUT2D eigenvalue weighted by Gasteiger charge is 2.53. The lowest BCUT2D eigenvalue weighted by molar-refractivity contribution is -0.315. The Bertz CT molecular complexity index is 2370. The number of carbonyl (C=O) groups is 3. The van der Waals surface area contributed by atoms with E-state index in [1.54, 1.807) is 54.5 Å². The predicted octanol–water partition coefficient (Wildman–Crippen LogP) is 3.90. The average molecular weight is 1090 g/mol. The third-order valence-corrected chi connectivity index (χ3v) is 16.3. The van der Waals surface area contributed by atoms with Crippen molar-refractivity contribution in [2.24, 2.45) is 23.5 Å². The number of ether oxygens (including phenoxy) is 8. The summed E-state index contributed by atoms with van der Waals surface area (Å²) in [5, 5.41) is 63.4. The van der Waals surface area contributed by atoms with Crippen molar-refractivity contribution in [3.8, 4) is 0 Å². The van der Waals surface area contributed by atoms with Gasteiger partial charge in [-0.25, -0.2) is 9.59 Å². The third kappa shape index (κ3) is 14.9. The Morgan fingerprint density at radius 2 is 1.65 bits per heavy atom. The van der Waals surface area contributed by atoms with Gasteiger partial charge in [0.25, 0.3) is 0 Å². The second-order valence-corrected chi connectivity index (χ2v) is 23.0. The highest BCUT2D eigenvalue weighted by atomic mass is 16.7. The summed E-state index contributed by atoms with van der Waals surface area (Å²) in [5.41, 5.74) is 2.20. The molecule has 3 aliphatic heterocycles. The van der Waals surface area contributed by atoms with Crippen LogP contribution in [-0.2, 0) is 42.7 Å². The number of aliphatic hydroxyl groups is 4. The maximum atomic E-state index is 14.5. The molecule has 0 bridgehead atoms. The SMILES string of the molecule is CC[C@H]1OC(=O)[C@H](C)[C@@H](OC2C[C@@](C)(OC)[C@@H](OC(=O)NCCCOCCNc3ccc4c(c3)c(=O)c(C(=O)O)cn4C3CC3)[C@H](C)O2)[C@H](C)[C@@H](O[C@@H]2O[C@H](C)C[C@H](N)[C@H]2O)[C@](C)(O)C[C@@H](C)CN(C)[C@H](C)[C@@H](O)[C@]1(C)O. The molecule has 22 heteroatoms. The molecule has 4 heterocycles. The summed E-state index contributed by atoms with van der Waals surface area (Å²) in [6.45, 7) is 18.9. The van der Waals surface area contributed by atoms with E-state index in [-0.39, 0.29) is 49.4 Å². The Balaban J connectivity index is 1.11. The molecular weight excluding hydrogens is 1000 g/mol. The first-order chi connectivity index (χ1) is 36.1. The number of amides is 1. The molecule has 0 spiro atoms. The molecule has 2 aromatic rings. The number of carboxylic acid groups (broad SMARTS) is 1. The summed E-state index contributed by atoms with van der Waals surface area (Å²) in [6, 6.07) is 4.24. The number of hydrogen-bond acceptors (Lipinski definition) is 19. The number of anilines is 1. The zero-order valence-electron chi connectivity index (χ0n) is 47.1. The standard InChI is InChI=1S/C55H89N5O17/c1-13-41-55(10,69)46(63)33(6)59(11)27-29(2)25-53(8,68)47(76-51-44(62)39(56)23-30(3)72-51)31(4)45(32(5)50(66)74-41)75-42-26-54(9,70-12)48(34(7)73-42)77-52(67)58-19-14-21-71-22-20-57-35-15-18-40-37(24-35)43(61)38(49(64)65)28-60(40)36-16-17-36/h15,18,24,28-34,36,39,41-42,44-48,51,57,62-63,68-69H,13-14,16-17,19-23,25-27,56H2,1-12H3,(H,58,67)(H,64,65)/t29-,30-,31+,32-,33-,34+,39+,41-,42?,44-,45+,46-,47-,48+,51+,53-,54-,55-/m1/s1. The van der Waals surface area contributed by atoms with Crippen LogP contribution < -0.4 is 21.8 Å². The minimum atomic E-state index is -1.87. The molecule has 6 rings (SSSR count). The predicted molar refractivity (Wildman–Crippen MR) is 284 cm³/mol. The number of likely N-dealkylation sites (N-methyl/N-ethyl adjacent to an activating group) is 1. The number of benzene rings is 1. The van der Waals surface area contributed by atoms with Crippen molar-refractivity contribution in [2.75, 3.05) is 52.3 Å². The van der Waals surface area contributed by atoms with Gasteiger partial charge in [-0.1, -0.05) is 20.8 Å². The molecular formula is C55H89N5O17. The zero-order chi connectivity index (χ0) is 56.9. The molecule has 1 aromatic heterocycles. The monoisotopic (exact) mass is 1090 g/mol. The lowest BCUT2D eigenvalue weighted by Gasteiger charge is -2.48. The van der Waals surface area contributed by atoms with Gasteiger partial charge in [0.2, 0.25) is 5.43 Å². The van der Waals surface area contributed by atoms with E-state index in [1.165, 1.54) is 20.2 Å². The molecule has 1 aromatic carbocycles. The second kappa shape index (κ2) is 26.0. The number of nitrogens with two attached hydrogens (primary N) is 1. The van der Waals surface area contributed by atoms with E-state index in [0.29, 0.717) is 55.7 Å². The number of fused-ring (bicyclic) bond motifs is 1. The summed E-state index contributed by atoms with van der Waals surface area (Å²) in [4.78, 5) is 54.5. The van der Waals surface area contributed by atoms with Gasteiger partial charge >= 0.3 is 18.0 Å². The summed E-state index contributed by atoms with van der Waals surface area (Å²) in [6.07, 6.45) is -6.73. The summed E-state index contributed by atoms with van der Waals surface area (Å²) < 4.78 is 51.8. The smallest absolute Gasteiger partial charge is 0.407 e. The maximum absolute atomic E-state index is 14.5. The van der Waals surface area contributed by atoms with Gasteiger partial charge in [0.1, 0.15) is 35.1 Å². The van der Waals surface area contributed by atoms with Crippen molar-refractivity contribution < 1.29 is 77.8 Å². The Morgan fingerprint density at radius 1 is 0.948 bits per heavy atom. The molecule has 22 nitrogen and oxygen atoms in total. The van der Waals surface area contributed by atoms with E-state index in [9.17, 15) is 44.7 Å². The number of carbonyl (C=O) groups excluding carboxylic acids is 2. The Labute approximate surface area is 452 Å². The quantitative estimate of drug-likeness (QED) is 0.0823. The molecule has 1 amide bonds. The van der Waals surface area contributed by atoms with Crippen LogP contribution in [-0.4, -0.2) is 190 Å². The summed E-state index contributed by atoms with van der Waals surface area (Å²) in [5.74, 6) is -4.21. The first-order valence-corrected chi connectivity index (χ1v) is 27.5. The van der Waals surface area contributed by atoms with E-state index < -0.39 is 119 Å². The maximum Gasteiger partial charge on any atom is 0.407 e. The topological polar surface area (TPSA) is 302 Å². The number of nitrogens with one attached hydrogen (secondary N) is 2. The molecule has 9 N–H and O–H groups in total. The molecule has 1 unspecified atom stereocenters. The largest absolute Gasteiger partial charge is 0.477 e. The number of aromatic carboxylic acids is 1. The van der Waals surface area contributed by atoms with Crippen molar-refractivity contribution in [3.63, 3.8) is 0 Å². The highest BCUT2D eigenvalue weighted by Crippen LogP contribution is 2.41. The van der Waals surface area contributed by atoms with Gasteiger partial charge < -0.3 is 89.3 Å². The molecule has 4 aliphatic rings. The summed E-state index contributed by atoms with van der Waals surface area (Å²) >= 11 is 0. The molecule has 3 saturated heterocycles. The molecule has 18 atom stereocenters. The average Bonchev–Trinajstić information content (AvgIpc) is 4.24. The van der Waals surface area contributed by atoms with Gasteiger partial charge in [-0.2, -0.15) is 0 Å². The lowest BCUT2D eigenvalue weighted by Crippen LogP contribution is -2.61. The fraction of sp³-hybridized carbons (Fsp3) is 0.782. The van der Waals surface area contributed by atoms with Gasteiger partial charge in [-0.15, -0.1) is 0 Å². The number of cyclic esters (lactones) is 1. The van der Waals surface area contributed by atoms with Crippen molar-refractivity contribution in [1.82, 2.24) is 14.8 Å². The Hall–Kier alpha value is -4.04. The van der Waals surface area contributed by atoms with Crippen LogP contribution in [0, 0.1) is 17.8 Å². The van der Waals surface area contributed by atoms with Gasteiger partial charge in [-0.3, -0.25) is 9.59 Å². The normalized spacial score (nSPS) is 38.0. The molecule has 1 aliphatic carbocycles. The van der Waals surface area contributed by atoms with Gasteiger partial charge in [0.15, 0.2) is 18.7 Å². The van der Waals surface area contributed by atoms with E-state index >= 15 is 0 Å². The van der Waals surface area contributed by atoms with Crippen molar-refractivity contribution in [3.05, 3.63) is 40.2 Å². The number of hydrogen-bond donors (Lipinski definition) is 8. The molecule has 77 heavy (non-hydrogen) atoms. The van der Waals surface area contributed by atoms with Crippen LogP contribution in [0.5, 0.6) is 0 Å². The molecule has 1 saturated carbocycles. The molecule has 436 valence electrons. The number of rotatable bonds is 17. The van der Waals surface area contributed by atoms with Crippen LogP contribution in [0.2, 0.25) is 0 Å². The fourth-order valence-corrected chi connectivity index (χ4v) is 11.7. The van der Waals surface area contributed by atoms with Crippen LogP contribution in [0.4, 0.5) is 10.5 Å². The molecule has 4 fully saturated rings. The molecule has 0 radical (unpaired) electrons. The first kappa shape index (κ1) is 62.2. The van der Waals surface area contributed by atoms with Crippen molar-refractivity contribution >= 4 is 34.6 Å². The summed E-state index contributed by atoms with van der Waals surface area (Å²) in [7, 11) is 3.29. The highest BCUT2D eigenvalue weighted by molar-refractivity contribution is 5.93. The number of esters is 1.